The van der Waals surface area contributed by atoms with Crippen LogP contribution in [-0.4, -0.2) is 0 Å². The molecule has 5 nitrogen and oxygen atoms in total. The Balaban J connectivity index is -0.00000000694. The van der Waals surface area contributed by atoms with E-state index in [-0.39, 0.29) is 1.43 Å². The van der Waals surface area contributed by atoms with Crippen LogP contribution in [0.5, 0.6) is 0 Å². The van der Waals surface area contributed by atoms with Crippen molar-refractivity contribution in [3.8, 4) is 0 Å². The average Bonchev–Trinajstić information content (AvgIpc) is 2.20. The molecule has 0 atom stereocenters. The fourth-order valence-corrected chi connectivity index (χ4v) is 0. The molecule has 0 bridgehead atoms. The maximum absolute atomic E-state index is 8.30. The van der Waals surface area contributed by atoms with Crippen molar-refractivity contribution in [1.82, 2.24) is 0 Å². The van der Waals surface area contributed by atoms with E-state index in [2.05, 4.69) is 0 Å². The maximum atomic E-state index is 8.30. The molecule has 0 aromatic carbocycles. The Kier molecular flexibility index (Phi) is 538. The second kappa shape index (κ2) is 184. The third-order valence-corrected chi connectivity index (χ3v) is 0. The summed E-state index contributed by atoms with van der Waals surface area (Å²) in [6.45, 7) is 0. The number of hydrogen-bond acceptors (Lipinski definition) is 5. The molecule has 0 saturated carbocycles. The Labute approximate surface area is 121 Å². The second-order valence-electron chi connectivity index (χ2n) is 0. The van der Waals surface area contributed by atoms with Crippen LogP contribution in [-0.2, 0) is 121 Å². The van der Waals surface area contributed by atoms with Gasteiger partial charge in [0.1, 0.15) is 0 Å². The van der Waals surface area contributed by atoms with Crippen molar-refractivity contribution in [3.63, 3.8) is 0 Å². The third kappa shape index (κ3) is 138. The molecule has 0 aromatic rings. The minimum atomic E-state index is 0. The number of hydrogen-bond donors (Lipinski definition) is 0. The Morgan fingerprint density at radius 1 is 0.400 bits per heavy atom. The van der Waals surface area contributed by atoms with E-state index in [1.807, 2.05) is 0 Å². The summed E-state index contributed by atoms with van der Waals surface area (Å²) in [5.74, 6) is 0. The van der Waals surface area contributed by atoms with Gasteiger partial charge in [-0.2, -0.15) is 0 Å². The van der Waals surface area contributed by atoms with Crippen molar-refractivity contribution in [2.24, 2.45) is 0 Å². The molecule has 57 valence electrons. The molecule has 0 heterocycles. The van der Waals surface area contributed by atoms with Crippen molar-refractivity contribution in [1.29, 1.82) is 0 Å². The molecular weight excluding hydrogens is 545 g/mol. The molecule has 10 heavy (non-hydrogen) atoms. The molecule has 0 spiro atoms. The molecule has 0 N–H and O–H groups in total. The van der Waals surface area contributed by atoms with Gasteiger partial charge in [0.15, 0.2) is 0 Å². The summed E-state index contributed by atoms with van der Waals surface area (Å²) in [7, 11) is 0. The van der Waals surface area contributed by atoms with E-state index < -0.39 is 0 Å². The summed E-state index contributed by atoms with van der Waals surface area (Å²) in [5, 5.41) is 0. The van der Waals surface area contributed by atoms with E-state index in [4.69, 9.17) is 16.3 Å². The molecule has 0 aliphatic carbocycles. The fraction of sp³-hybridized carbons (Fsp3) is 0. The van der Waals surface area contributed by atoms with Gasteiger partial charge in [0.2, 0.25) is 0 Å². The van der Waals surface area contributed by atoms with Gasteiger partial charge in [-0.1, -0.05) is 0 Å². The zero-order chi connectivity index (χ0) is 10.0. The molecule has 10 heteroatoms. The Morgan fingerprint density at radius 3 is 0.400 bits per heavy atom. The summed E-state index contributed by atoms with van der Waals surface area (Å²) in [6.07, 6.45) is 0. The van der Waals surface area contributed by atoms with Crippen LogP contribution < -0.4 is 0 Å². The van der Waals surface area contributed by atoms with Crippen molar-refractivity contribution in [3.05, 3.63) is 0 Å². The van der Waals surface area contributed by atoms with E-state index >= 15 is 0 Å². The van der Waals surface area contributed by atoms with Crippen LogP contribution in [0.3, 0.4) is 0 Å². The molecule has 0 amide bonds. The van der Waals surface area contributed by atoms with Crippen LogP contribution in [0.2, 0.25) is 0 Å². The second-order valence-corrected chi connectivity index (χ2v) is 0. The third-order valence-electron chi connectivity index (χ3n) is 0. The van der Waals surface area contributed by atoms with Gasteiger partial charge in [-0.25, -0.2) is 0 Å². The zero-order valence-electron chi connectivity index (χ0n) is 4.28. The summed E-state index contributed by atoms with van der Waals surface area (Å²) in [6, 6.07) is 0. The zero-order valence-corrected chi connectivity index (χ0v) is 15.3. The normalized spacial score (nSPS) is 1.50. The van der Waals surface area contributed by atoms with Gasteiger partial charge in [0, 0.05) is 1.43 Å². The van der Waals surface area contributed by atoms with Gasteiger partial charge in [0.05, 0.1) is 0 Å². The van der Waals surface area contributed by atoms with Crippen molar-refractivity contribution in [2.75, 3.05) is 0 Å². The Morgan fingerprint density at radius 2 is 0.400 bits per heavy atom. The van der Waals surface area contributed by atoms with Crippen LogP contribution >= 0.6 is 0 Å². The van der Waals surface area contributed by atoms with Gasteiger partial charge in [-0.05, 0) is 0 Å². The molecule has 0 aromatic heterocycles. The predicted octanol–water partition coefficient (Wildman–Crippen LogP) is -0.361. The Bertz CT molecular complexity index is 26.4. The fourth-order valence-electron chi connectivity index (χ4n) is 0. The Hall–Kier alpha value is 2.70. The van der Waals surface area contributed by atoms with Crippen LogP contribution in [0.25, 0.3) is 0 Å². The van der Waals surface area contributed by atoms with Crippen molar-refractivity contribution < 1.29 is 123 Å². The van der Waals surface area contributed by atoms with Crippen LogP contribution in [0.15, 0.2) is 0 Å². The summed E-state index contributed by atoms with van der Waals surface area (Å²) in [5.41, 5.74) is 0. The molecule has 0 radical (unpaired) electrons. The molecule has 0 saturated heterocycles. The molecule has 0 unspecified atom stereocenters. The van der Waals surface area contributed by atoms with Gasteiger partial charge < -0.3 is 0 Å². The van der Waals surface area contributed by atoms with Crippen molar-refractivity contribution >= 4 is 0 Å². The van der Waals surface area contributed by atoms with Gasteiger partial charge in [0.25, 0.3) is 0 Å². The van der Waals surface area contributed by atoms with E-state index in [0.29, 0.717) is 105 Å². The SMILES string of the molecule is [HH].[O]=[Nb].[O]=[Nb].[O]=[Nb].[O]=[Nb].[O]=[Nb]. The average molecular weight is 547 g/mol. The molecule has 0 fully saturated rings. The molecule has 0 aliphatic rings. The van der Waals surface area contributed by atoms with Gasteiger partial charge in [-0.15, -0.1) is 0 Å². The monoisotopic (exact) mass is 547 g/mol. The summed E-state index contributed by atoms with van der Waals surface area (Å²) < 4.78 is 41.5. The standard InChI is InChI=1S/5Nb.5O.H2/h;;;;;;;;;;1H. The first-order valence-electron chi connectivity index (χ1n) is 0.913. The molecular formula is H2Nb5O5. The first-order valence-corrected chi connectivity index (χ1v) is 5.40. The van der Waals surface area contributed by atoms with Gasteiger partial charge >= 0.3 is 121 Å². The summed E-state index contributed by atoms with van der Waals surface area (Å²) >= 11 is 2.50. The van der Waals surface area contributed by atoms with Gasteiger partial charge in [-0.3, -0.25) is 0 Å². The van der Waals surface area contributed by atoms with Crippen LogP contribution in [0.1, 0.15) is 1.43 Å². The molecule has 0 rings (SSSR count). The van der Waals surface area contributed by atoms with E-state index in [0.717, 1.165) is 0 Å². The topological polar surface area (TPSA) is 85.3 Å². The first kappa shape index (κ1) is 29.3. The molecule has 0 aliphatic heterocycles. The first-order chi connectivity index (χ1) is 5.00. The van der Waals surface area contributed by atoms with Crippen LogP contribution in [0, 0.1) is 0 Å². The van der Waals surface area contributed by atoms with Crippen LogP contribution in [0.4, 0.5) is 0 Å². The summed E-state index contributed by atoms with van der Waals surface area (Å²) in [4.78, 5) is 0. The van der Waals surface area contributed by atoms with E-state index in [9.17, 15) is 0 Å². The van der Waals surface area contributed by atoms with Crippen molar-refractivity contribution in [2.45, 2.75) is 0 Å². The van der Waals surface area contributed by atoms with E-state index in [1.165, 1.54) is 0 Å². The number of rotatable bonds is 0. The quantitative estimate of drug-likeness (QED) is 0.388. The minimum absolute atomic E-state index is 0. The predicted molar refractivity (Wildman–Crippen MR) is 5.55 cm³/mol. The van der Waals surface area contributed by atoms with E-state index in [1.54, 1.807) is 0 Å².